The molecule has 1 N–H and O–H groups in total. The van der Waals surface area contributed by atoms with Crippen LogP contribution in [0.25, 0.3) is 0 Å². The number of aryl methyl sites for hydroxylation is 1. The number of aromatic hydroxyl groups is 1. The van der Waals surface area contributed by atoms with Crippen LogP contribution in [0.2, 0.25) is 0 Å². The van der Waals surface area contributed by atoms with Crippen molar-refractivity contribution in [3.63, 3.8) is 0 Å². The molecule has 2 heterocycles. The van der Waals surface area contributed by atoms with Crippen LogP contribution in [0.3, 0.4) is 0 Å². The van der Waals surface area contributed by atoms with E-state index < -0.39 is 0 Å². The van der Waals surface area contributed by atoms with E-state index in [9.17, 15) is 5.11 Å². The second-order valence-corrected chi connectivity index (χ2v) is 6.40. The monoisotopic (exact) mass is 337 g/mol. The topological polar surface area (TPSA) is 60.8 Å². The van der Waals surface area contributed by atoms with Crippen molar-refractivity contribution in [2.45, 2.75) is 64.4 Å². The van der Waals surface area contributed by atoms with Crippen LogP contribution in [0.5, 0.6) is 11.6 Å². The lowest BCUT2D eigenvalue weighted by Crippen LogP contribution is -2.33. The second kappa shape index (κ2) is 11.3. The predicted molar refractivity (Wildman–Crippen MR) is 93.7 cm³/mol. The van der Waals surface area contributed by atoms with E-state index >= 15 is 0 Å². The zero-order valence-corrected chi connectivity index (χ0v) is 14.8. The Balaban J connectivity index is 1.69. The minimum atomic E-state index is -0.0607. The van der Waals surface area contributed by atoms with Crippen molar-refractivity contribution in [1.29, 1.82) is 0 Å². The van der Waals surface area contributed by atoms with E-state index in [-0.39, 0.29) is 11.9 Å². The van der Waals surface area contributed by atoms with Gasteiger partial charge in [0.2, 0.25) is 5.88 Å². The van der Waals surface area contributed by atoms with Crippen LogP contribution >= 0.6 is 0 Å². The van der Waals surface area contributed by atoms with E-state index in [1.807, 2.05) is 0 Å². The van der Waals surface area contributed by atoms with Crippen molar-refractivity contribution < 1.29 is 19.3 Å². The number of hydrogen-bond donors (Lipinski definition) is 1. The van der Waals surface area contributed by atoms with Crippen molar-refractivity contribution >= 4 is 0 Å². The first kappa shape index (κ1) is 19.0. The first-order chi connectivity index (χ1) is 11.8. The lowest BCUT2D eigenvalue weighted by molar-refractivity contribution is -0.102. The van der Waals surface area contributed by atoms with E-state index in [4.69, 9.17) is 14.2 Å². The average Bonchev–Trinajstić information content (AvgIpc) is 2.60. The molecule has 5 heteroatoms. The van der Waals surface area contributed by atoms with Crippen LogP contribution in [0, 0.1) is 0 Å². The smallest absolute Gasteiger partial charge is 0.217 e. The van der Waals surface area contributed by atoms with Gasteiger partial charge in [0.1, 0.15) is 18.5 Å². The number of aromatic nitrogens is 1. The molecule has 0 amide bonds. The summed E-state index contributed by atoms with van der Waals surface area (Å²) in [6.45, 7) is 4.42. The van der Waals surface area contributed by atoms with Gasteiger partial charge in [-0.05, 0) is 12.8 Å². The Bertz CT molecular complexity index is 461. The number of unbranched alkanes of at least 4 members (excludes halogenated alkanes) is 6. The maximum atomic E-state index is 9.85. The van der Waals surface area contributed by atoms with E-state index in [2.05, 4.69) is 11.9 Å². The molecule has 1 saturated heterocycles. The molecule has 0 spiro atoms. The summed E-state index contributed by atoms with van der Waals surface area (Å²) < 4.78 is 16.5. The summed E-state index contributed by atoms with van der Waals surface area (Å²) in [4.78, 5) is 4.49. The standard InChI is InChI=1S/C19H31NO4/c1-2-3-4-5-6-7-8-9-16-12-17(21)13-19(20-16)24-15-18-14-22-10-11-23-18/h12-13,18H,2-11,14-15H2,1H3,(H,20,21). The van der Waals surface area contributed by atoms with Gasteiger partial charge in [-0.25, -0.2) is 4.98 Å². The minimum absolute atomic E-state index is 0.0607. The largest absolute Gasteiger partial charge is 0.508 e. The molecule has 0 saturated carbocycles. The Hall–Kier alpha value is -1.33. The molecule has 1 fully saturated rings. The van der Waals surface area contributed by atoms with Crippen molar-refractivity contribution in [3.05, 3.63) is 17.8 Å². The van der Waals surface area contributed by atoms with Gasteiger partial charge in [0.05, 0.1) is 19.8 Å². The summed E-state index contributed by atoms with van der Waals surface area (Å²) in [5.41, 5.74) is 0.888. The first-order valence-corrected chi connectivity index (χ1v) is 9.30. The highest BCUT2D eigenvalue weighted by Gasteiger charge is 2.15. The quantitative estimate of drug-likeness (QED) is 0.621. The molecule has 1 aliphatic heterocycles. The Morgan fingerprint density at radius 1 is 1.12 bits per heavy atom. The van der Waals surface area contributed by atoms with Gasteiger partial charge in [0.25, 0.3) is 0 Å². The van der Waals surface area contributed by atoms with Gasteiger partial charge in [-0.2, -0.15) is 0 Å². The zero-order valence-electron chi connectivity index (χ0n) is 14.8. The molecular formula is C19H31NO4. The van der Waals surface area contributed by atoms with Crippen molar-refractivity contribution in [2.75, 3.05) is 26.4 Å². The molecule has 0 radical (unpaired) electrons. The highest BCUT2D eigenvalue weighted by Crippen LogP contribution is 2.20. The van der Waals surface area contributed by atoms with Crippen LogP contribution in [0.1, 0.15) is 57.6 Å². The maximum absolute atomic E-state index is 9.85. The van der Waals surface area contributed by atoms with Gasteiger partial charge in [0, 0.05) is 17.8 Å². The highest BCUT2D eigenvalue weighted by molar-refractivity contribution is 5.29. The molecule has 1 aromatic rings. The summed E-state index contributed by atoms with van der Waals surface area (Å²) >= 11 is 0. The highest BCUT2D eigenvalue weighted by atomic mass is 16.6. The van der Waals surface area contributed by atoms with Gasteiger partial charge < -0.3 is 19.3 Å². The second-order valence-electron chi connectivity index (χ2n) is 6.40. The molecule has 1 atom stereocenters. The van der Waals surface area contributed by atoms with E-state index in [1.54, 1.807) is 12.1 Å². The summed E-state index contributed by atoms with van der Waals surface area (Å²) in [6.07, 6.45) is 9.69. The van der Waals surface area contributed by atoms with E-state index in [0.717, 1.165) is 18.5 Å². The fraction of sp³-hybridized carbons (Fsp3) is 0.737. The SMILES string of the molecule is CCCCCCCCCc1cc(O)cc(OCC2COCCO2)n1. The molecule has 0 aliphatic carbocycles. The van der Waals surface area contributed by atoms with E-state index in [0.29, 0.717) is 32.3 Å². The minimum Gasteiger partial charge on any atom is -0.508 e. The average molecular weight is 337 g/mol. The Morgan fingerprint density at radius 3 is 2.67 bits per heavy atom. The fourth-order valence-corrected chi connectivity index (χ4v) is 2.82. The van der Waals surface area contributed by atoms with Gasteiger partial charge in [-0.1, -0.05) is 45.4 Å². The number of ether oxygens (including phenoxy) is 3. The molecule has 136 valence electrons. The molecule has 2 rings (SSSR count). The molecule has 5 nitrogen and oxygen atoms in total. The predicted octanol–water partition coefficient (Wildman–Crippen LogP) is 3.87. The molecule has 1 unspecified atom stereocenters. The molecular weight excluding hydrogens is 306 g/mol. The van der Waals surface area contributed by atoms with Gasteiger partial charge >= 0.3 is 0 Å². The summed E-state index contributed by atoms with van der Waals surface area (Å²) in [7, 11) is 0. The number of pyridine rings is 1. The van der Waals surface area contributed by atoms with Gasteiger partial charge in [-0.3, -0.25) is 0 Å². The molecule has 0 aromatic carbocycles. The van der Waals surface area contributed by atoms with Crippen LogP contribution < -0.4 is 4.74 Å². The molecule has 0 bridgehead atoms. The number of rotatable bonds is 11. The summed E-state index contributed by atoms with van der Waals surface area (Å²) in [5, 5.41) is 9.85. The third-order valence-electron chi connectivity index (χ3n) is 4.18. The van der Waals surface area contributed by atoms with Crippen molar-refractivity contribution in [2.24, 2.45) is 0 Å². The number of nitrogens with zero attached hydrogens (tertiary/aromatic N) is 1. The third-order valence-corrected chi connectivity index (χ3v) is 4.18. The lowest BCUT2D eigenvalue weighted by atomic mass is 10.1. The van der Waals surface area contributed by atoms with Gasteiger partial charge in [0.15, 0.2) is 0 Å². The fourth-order valence-electron chi connectivity index (χ4n) is 2.82. The molecule has 1 aromatic heterocycles. The first-order valence-electron chi connectivity index (χ1n) is 9.30. The zero-order chi connectivity index (χ0) is 17.0. The Kier molecular flexibility index (Phi) is 8.92. The lowest BCUT2D eigenvalue weighted by Gasteiger charge is -2.22. The summed E-state index contributed by atoms with van der Waals surface area (Å²) in [5.74, 6) is 0.667. The van der Waals surface area contributed by atoms with Crippen LogP contribution in [0.15, 0.2) is 12.1 Å². The molecule has 1 aliphatic rings. The Morgan fingerprint density at radius 2 is 1.92 bits per heavy atom. The number of hydrogen-bond acceptors (Lipinski definition) is 5. The van der Waals surface area contributed by atoms with Crippen LogP contribution in [-0.2, 0) is 15.9 Å². The molecule has 24 heavy (non-hydrogen) atoms. The summed E-state index contributed by atoms with van der Waals surface area (Å²) in [6, 6.07) is 3.28. The van der Waals surface area contributed by atoms with Crippen LogP contribution in [-0.4, -0.2) is 42.6 Å². The maximum Gasteiger partial charge on any atom is 0.217 e. The Labute approximate surface area is 145 Å². The van der Waals surface area contributed by atoms with Crippen molar-refractivity contribution in [1.82, 2.24) is 4.98 Å². The van der Waals surface area contributed by atoms with Crippen LogP contribution in [0.4, 0.5) is 0 Å². The normalized spacial score (nSPS) is 17.8. The van der Waals surface area contributed by atoms with Crippen molar-refractivity contribution in [3.8, 4) is 11.6 Å². The van der Waals surface area contributed by atoms with E-state index in [1.165, 1.54) is 38.5 Å². The third kappa shape index (κ3) is 7.49. The van der Waals surface area contributed by atoms with Gasteiger partial charge in [-0.15, -0.1) is 0 Å².